The summed E-state index contributed by atoms with van der Waals surface area (Å²) in [7, 11) is 0. The molecule has 2 nitrogen and oxygen atoms in total. The monoisotopic (exact) mass is 392 g/mol. The largest absolute Gasteiger partial charge is 0.478 e. The van der Waals surface area contributed by atoms with Crippen molar-refractivity contribution < 1.29 is 9.90 Å². The third-order valence-electron chi connectivity index (χ3n) is 3.97. The van der Waals surface area contributed by atoms with Crippen LogP contribution in [0.1, 0.15) is 63.7 Å². The molecule has 0 aliphatic carbocycles. The third kappa shape index (κ3) is 9.30. The van der Waals surface area contributed by atoms with E-state index in [0.29, 0.717) is 15.5 Å². The van der Waals surface area contributed by atoms with Crippen LogP contribution in [0.15, 0.2) is 58.0 Å². The fraction of sp³-hybridized carbons (Fsp3) is 0.409. The highest BCUT2D eigenvalue weighted by molar-refractivity contribution is 7.99. The molecule has 1 N–H and O–H groups in total. The Morgan fingerprint density at radius 2 is 1.65 bits per heavy atom. The molecule has 0 unspecified atom stereocenters. The first-order valence-electron chi connectivity index (χ1n) is 8.90. The number of aromatic carboxylic acids is 1. The molecule has 0 aliphatic rings. The van der Waals surface area contributed by atoms with Gasteiger partial charge >= 0.3 is 5.97 Å². The molecule has 1 aromatic carbocycles. The van der Waals surface area contributed by atoms with Crippen molar-refractivity contribution in [2.75, 3.05) is 5.75 Å². The molecule has 0 atom stereocenters. The summed E-state index contributed by atoms with van der Waals surface area (Å²) >= 11 is 7.49. The second kappa shape index (κ2) is 12.0. The molecule has 0 aliphatic heterocycles. The topological polar surface area (TPSA) is 37.3 Å². The van der Waals surface area contributed by atoms with E-state index in [2.05, 4.69) is 45.9 Å². The number of allylic oxidation sites excluding steroid dienone is 5. The lowest BCUT2D eigenvalue weighted by Gasteiger charge is -2.06. The van der Waals surface area contributed by atoms with Gasteiger partial charge in [-0.2, -0.15) is 0 Å². The van der Waals surface area contributed by atoms with Crippen LogP contribution in [0.5, 0.6) is 0 Å². The maximum atomic E-state index is 11.3. The van der Waals surface area contributed by atoms with Crippen LogP contribution in [-0.2, 0) is 0 Å². The zero-order valence-electron chi connectivity index (χ0n) is 16.1. The first-order valence-corrected chi connectivity index (χ1v) is 10.3. The molecule has 0 amide bonds. The predicted octanol–water partition coefficient (Wildman–Crippen LogP) is 7.55. The van der Waals surface area contributed by atoms with Crippen molar-refractivity contribution in [2.45, 2.75) is 58.3 Å². The molecular weight excluding hydrogens is 364 g/mol. The van der Waals surface area contributed by atoms with E-state index in [1.807, 2.05) is 0 Å². The molecule has 26 heavy (non-hydrogen) atoms. The predicted molar refractivity (Wildman–Crippen MR) is 115 cm³/mol. The number of carboxylic acid groups (broad SMARTS) is 1. The molecule has 0 radical (unpaired) electrons. The van der Waals surface area contributed by atoms with Gasteiger partial charge in [0.2, 0.25) is 0 Å². The fourth-order valence-corrected chi connectivity index (χ4v) is 3.71. The number of halogens is 1. The second-order valence-corrected chi connectivity index (χ2v) is 8.21. The maximum absolute atomic E-state index is 11.3. The zero-order valence-corrected chi connectivity index (χ0v) is 17.7. The van der Waals surface area contributed by atoms with E-state index in [0.717, 1.165) is 31.4 Å². The molecule has 0 saturated heterocycles. The van der Waals surface area contributed by atoms with Crippen LogP contribution in [0, 0.1) is 0 Å². The van der Waals surface area contributed by atoms with Gasteiger partial charge in [-0.3, -0.25) is 0 Å². The van der Waals surface area contributed by atoms with Crippen molar-refractivity contribution in [3.05, 3.63) is 63.7 Å². The van der Waals surface area contributed by atoms with Crippen LogP contribution in [0.3, 0.4) is 0 Å². The van der Waals surface area contributed by atoms with Gasteiger partial charge in [-0.25, -0.2) is 4.79 Å². The van der Waals surface area contributed by atoms with Crippen molar-refractivity contribution in [1.82, 2.24) is 0 Å². The SMILES string of the molecule is CC(C)=CCC/C(C)=C/CC/C(C)=C/CSc1cc(Cl)ccc1C(=O)O. The fourth-order valence-electron chi connectivity index (χ4n) is 2.40. The minimum atomic E-state index is -0.918. The first-order chi connectivity index (χ1) is 12.3. The van der Waals surface area contributed by atoms with E-state index in [1.165, 1.54) is 28.5 Å². The summed E-state index contributed by atoms with van der Waals surface area (Å²) in [4.78, 5) is 12.0. The van der Waals surface area contributed by atoms with Crippen LogP contribution in [0.25, 0.3) is 0 Å². The standard InChI is InChI=1S/C22H29ClO2S/c1-16(2)7-5-8-17(3)9-6-10-18(4)13-14-26-21-15-19(23)11-12-20(21)22(24)25/h7,9,11-13,15H,5-6,8,10,14H2,1-4H3,(H,24,25)/b17-9+,18-13+. The quantitative estimate of drug-likeness (QED) is 0.330. The Morgan fingerprint density at radius 1 is 1.04 bits per heavy atom. The number of carbonyl (C=O) groups is 1. The highest BCUT2D eigenvalue weighted by Gasteiger charge is 2.10. The molecule has 142 valence electrons. The van der Waals surface area contributed by atoms with Gasteiger partial charge in [0.1, 0.15) is 0 Å². The highest BCUT2D eigenvalue weighted by Crippen LogP contribution is 2.27. The second-order valence-electron chi connectivity index (χ2n) is 6.72. The van der Waals surface area contributed by atoms with Crippen LogP contribution < -0.4 is 0 Å². The average Bonchev–Trinajstić information content (AvgIpc) is 2.54. The number of hydrogen-bond donors (Lipinski definition) is 1. The Balaban J connectivity index is 2.46. The lowest BCUT2D eigenvalue weighted by atomic mass is 10.1. The maximum Gasteiger partial charge on any atom is 0.336 e. The lowest BCUT2D eigenvalue weighted by molar-refractivity contribution is 0.0693. The van der Waals surface area contributed by atoms with Crippen LogP contribution in [0.2, 0.25) is 5.02 Å². The molecular formula is C22H29ClO2S. The Morgan fingerprint density at radius 3 is 2.27 bits per heavy atom. The Bertz CT molecular complexity index is 698. The summed E-state index contributed by atoms with van der Waals surface area (Å²) < 4.78 is 0. The number of rotatable bonds is 10. The summed E-state index contributed by atoms with van der Waals surface area (Å²) in [6.45, 7) is 8.59. The normalized spacial score (nSPS) is 12.2. The van der Waals surface area contributed by atoms with Crippen LogP contribution in [-0.4, -0.2) is 16.8 Å². The van der Waals surface area contributed by atoms with E-state index < -0.39 is 5.97 Å². The van der Waals surface area contributed by atoms with E-state index in [-0.39, 0.29) is 0 Å². The van der Waals surface area contributed by atoms with Gasteiger partial charge in [-0.15, -0.1) is 11.8 Å². The molecule has 0 aromatic heterocycles. The first kappa shape index (κ1) is 22.6. The van der Waals surface area contributed by atoms with Crippen LogP contribution >= 0.6 is 23.4 Å². The van der Waals surface area contributed by atoms with Gasteiger partial charge in [-0.1, -0.05) is 46.5 Å². The summed E-state index contributed by atoms with van der Waals surface area (Å²) in [5.41, 5.74) is 4.44. The molecule has 1 aromatic rings. The summed E-state index contributed by atoms with van der Waals surface area (Å²) in [6.07, 6.45) is 11.1. The van der Waals surface area contributed by atoms with Crippen LogP contribution in [0.4, 0.5) is 0 Å². The third-order valence-corrected chi connectivity index (χ3v) is 5.18. The van der Waals surface area contributed by atoms with Crippen molar-refractivity contribution >= 4 is 29.3 Å². The number of hydrogen-bond acceptors (Lipinski definition) is 2. The molecule has 0 heterocycles. The van der Waals surface area contributed by atoms with Gasteiger partial charge in [0.05, 0.1) is 5.56 Å². The number of carboxylic acids is 1. The van der Waals surface area contributed by atoms with Gasteiger partial charge in [0.15, 0.2) is 0 Å². The van der Waals surface area contributed by atoms with E-state index in [1.54, 1.807) is 18.2 Å². The Labute approximate surface area is 167 Å². The van der Waals surface area contributed by atoms with E-state index in [4.69, 9.17) is 11.6 Å². The Hall–Kier alpha value is -1.45. The number of benzene rings is 1. The summed E-state index contributed by atoms with van der Waals surface area (Å²) in [5, 5.41) is 9.81. The lowest BCUT2D eigenvalue weighted by Crippen LogP contribution is -1.98. The minimum Gasteiger partial charge on any atom is -0.478 e. The van der Waals surface area contributed by atoms with Gasteiger partial charge < -0.3 is 5.11 Å². The average molecular weight is 393 g/mol. The van der Waals surface area contributed by atoms with Crippen molar-refractivity contribution in [3.63, 3.8) is 0 Å². The van der Waals surface area contributed by atoms with E-state index in [9.17, 15) is 9.90 Å². The Kier molecular flexibility index (Phi) is 10.5. The van der Waals surface area contributed by atoms with Crippen molar-refractivity contribution in [3.8, 4) is 0 Å². The van der Waals surface area contributed by atoms with Crippen molar-refractivity contribution in [2.24, 2.45) is 0 Å². The van der Waals surface area contributed by atoms with Gasteiger partial charge in [0.25, 0.3) is 0 Å². The smallest absolute Gasteiger partial charge is 0.336 e. The van der Waals surface area contributed by atoms with Crippen molar-refractivity contribution in [1.29, 1.82) is 0 Å². The molecule has 0 fully saturated rings. The zero-order chi connectivity index (χ0) is 19.5. The highest BCUT2D eigenvalue weighted by atomic mass is 35.5. The molecule has 0 saturated carbocycles. The molecule has 1 rings (SSSR count). The minimum absolute atomic E-state index is 0.306. The number of thioether (sulfide) groups is 1. The molecule has 4 heteroatoms. The molecule has 0 spiro atoms. The molecule has 0 bridgehead atoms. The van der Waals surface area contributed by atoms with E-state index >= 15 is 0 Å². The van der Waals surface area contributed by atoms with Gasteiger partial charge in [0, 0.05) is 15.7 Å². The summed E-state index contributed by atoms with van der Waals surface area (Å²) in [5.74, 6) is -0.172. The van der Waals surface area contributed by atoms with Gasteiger partial charge in [-0.05, 0) is 71.6 Å². The summed E-state index contributed by atoms with van der Waals surface area (Å²) in [6, 6.07) is 4.90.